The molecular weight excluding hydrogens is 418 g/mol. The van der Waals surface area contributed by atoms with Crippen molar-refractivity contribution in [3.8, 4) is 0 Å². The van der Waals surface area contributed by atoms with Crippen LogP contribution in [-0.4, -0.2) is 37.7 Å². The second-order valence-corrected chi connectivity index (χ2v) is 2.68. The molecule has 0 fully saturated rings. The number of hydrogen-bond acceptors (Lipinski definition) is 12. The number of hydrogen-bond donors (Lipinski definition) is 0. The third-order valence-electron chi connectivity index (χ3n) is 0. The van der Waals surface area contributed by atoms with E-state index in [0.717, 1.165) is 0 Å². The zero-order chi connectivity index (χ0) is 14.3. The minimum atomic E-state index is -3.37. The Kier molecular flexibility index (Phi) is 85.4. The molecule has 0 aliphatic rings. The average molecular weight is 418 g/mol. The normalized spacial score (nSPS) is 5.26. The second-order valence-electron chi connectivity index (χ2n) is 0.894. The van der Waals surface area contributed by atoms with Crippen LogP contribution in [-0.2, 0) is 36.5 Å². The van der Waals surface area contributed by atoms with E-state index in [2.05, 4.69) is 0 Å². The van der Waals surface area contributed by atoms with Crippen LogP contribution in [0.2, 0.25) is 0 Å². The molecule has 19 heteroatoms. The first-order valence-corrected chi connectivity index (χ1v) is 6.57. The first kappa shape index (κ1) is 43.2. The quantitative estimate of drug-likeness (QED) is 0.264. The van der Waals surface area contributed by atoms with E-state index in [4.69, 9.17) is 56.1 Å². The third kappa shape index (κ3) is 717. The molecule has 0 atom stereocenters. The summed E-state index contributed by atoms with van der Waals surface area (Å²) in [7, 11) is -13.5. The Bertz CT molecular complexity index is 303. The molecule has 0 aliphatic carbocycles. The predicted molar refractivity (Wildman–Crippen MR) is 38.9 cm³/mol. The molecule has 0 aliphatic heterocycles. The maximum absolute atomic E-state index is 8.48. The van der Waals surface area contributed by atoms with Crippen LogP contribution >= 0.6 is 31.6 Å². The maximum atomic E-state index is 8.48. The van der Waals surface area contributed by atoms with Crippen molar-refractivity contribution in [2.75, 3.05) is 0 Å². The summed E-state index contributed by atoms with van der Waals surface area (Å²) in [4.78, 5) is 33.9. The summed E-state index contributed by atoms with van der Waals surface area (Å²) < 4.78 is 67.9. The van der Waals surface area contributed by atoms with Gasteiger partial charge >= 0.3 is 119 Å². The van der Waals surface area contributed by atoms with Crippen molar-refractivity contribution < 1.29 is 137 Å². The molecule has 0 aromatic rings. The summed E-state index contributed by atoms with van der Waals surface area (Å²) >= 11 is 0. The van der Waals surface area contributed by atoms with Gasteiger partial charge in [-0.2, -0.15) is 0 Å². The number of rotatable bonds is 0. The summed E-state index contributed by atoms with van der Waals surface area (Å²) in [6, 6.07) is 0. The topological polar surface area (TPSA) is 229 Å². The van der Waals surface area contributed by atoms with Gasteiger partial charge in [-0.3, -0.25) is 36.5 Å². The van der Waals surface area contributed by atoms with E-state index in [0.29, 0.717) is 0 Å². The van der Waals surface area contributed by atoms with E-state index in [9.17, 15) is 0 Å². The van der Waals surface area contributed by atoms with Crippen LogP contribution in [0.25, 0.3) is 0 Å². The van der Waals surface area contributed by atoms with Gasteiger partial charge in [-0.15, -0.1) is 0 Å². The van der Waals surface area contributed by atoms with Gasteiger partial charge in [0.25, 0.3) is 0 Å². The monoisotopic (exact) mass is 418 g/mol. The molecule has 0 heterocycles. The molecule has 19 heavy (non-hydrogen) atoms. The largest absolute Gasteiger partial charge is 2.00 e. The van der Waals surface area contributed by atoms with Crippen LogP contribution in [0.1, 0.15) is 0 Å². The van der Waals surface area contributed by atoms with Crippen LogP contribution in [0.5, 0.6) is 0 Å². The van der Waals surface area contributed by atoms with Crippen molar-refractivity contribution in [3.05, 3.63) is 0 Å². The van der Waals surface area contributed by atoms with Gasteiger partial charge in [0.1, 0.15) is 0 Å². The van der Waals surface area contributed by atoms with Crippen LogP contribution in [0, 0.1) is 0 Å². The zero-order valence-corrected chi connectivity index (χ0v) is 20.3. The summed E-state index contributed by atoms with van der Waals surface area (Å²) in [5.74, 6) is 0. The van der Waals surface area contributed by atoms with Gasteiger partial charge < -0.3 is 19.6 Å². The van der Waals surface area contributed by atoms with Crippen molar-refractivity contribution in [2.24, 2.45) is 0 Å². The Morgan fingerprint density at radius 1 is 0.474 bits per heavy atom. The first-order valence-electron chi connectivity index (χ1n) is 2.19. The molecule has 12 nitrogen and oxygen atoms in total. The van der Waals surface area contributed by atoms with Crippen LogP contribution < -0.4 is 101 Å². The molecule has 0 radical (unpaired) electrons. The van der Waals surface area contributed by atoms with E-state index in [-0.39, 0.29) is 119 Å². The molecule has 0 unspecified atom stereocenters. The predicted octanol–water partition coefficient (Wildman–Crippen LogP) is -8.63. The van der Waals surface area contributed by atoms with Crippen LogP contribution in [0.3, 0.4) is 0 Å². The Morgan fingerprint density at radius 2 is 0.474 bits per heavy atom. The molecule has 0 saturated carbocycles. The molecule has 0 spiro atoms. The molecular formula is CaKNaO12P4. The molecule has 0 bridgehead atoms. The van der Waals surface area contributed by atoms with Crippen molar-refractivity contribution in [1.29, 1.82) is 0 Å². The minimum absolute atomic E-state index is 0. The van der Waals surface area contributed by atoms with Gasteiger partial charge in [0.2, 0.25) is 31.6 Å². The molecule has 0 amide bonds. The molecule has 0 rings (SSSR count). The Labute approximate surface area is 202 Å². The third-order valence-corrected chi connectivity index (χ3v) is 0. The standard InChI is InChI=1S/Ca.K.Na.4HO3P/c;;;4*1-4(2)3/h;;;4*(H,1,2,3)/q+2;2*+1;;;;/p-4. The van der Waals surface area contributed by atoms with Gasteiger partial charge in [0.05, 0.1) is 0 Å². The first-order chi connectivity index (χ1) is 6.93. The van der Waals surface area contributed by atoms with E-state index < -0.39 is 31.6 Å². The van der Waals surface area contributed by atoms with Crippen LogP contribution in [0.15, 0.2) is 0 Å². The van der Waals surface area contributed by atoms with Crippen molar-refractivity contribution >= 4 is 69.4 Å². The van der Waals surface area contributed by atoms with Crippen LogP contribution in [0.4, 0.5) is 0 Å². The average Bonchev–Trinajstić information content (AvgIpc) is 1.76. The Hall–Kier alpha value is 3.34. The smallest absolute Gasteiger partial charge is 0.744 e. The van der Waals surface area contributed by atoms with Crippen molar-refractivity contribution in [1.82, 2.24) is 0 Å². The van der Waals surface area contributed by atoms with Gasteiger partial charge in [0, 0.05) is 0 Å². The van der Waals surface area contributed by atoms with E-state index in [1.54, 1.807) is 0 Å². The fourth-order valence-corrected chi connectivity index (χ4v) is 0. The molecule has 96 valence electrons. The van der Waals surface area contributed by atoms with Crippen molar-refractivity contribution in [2.45, 2.75) is 0 Å². The van der Waals surface area contributed by atoms with Gasteiger partial charge in [0.15, 0.2) is 0 Å². The summed E-state index contributed by atoms with van der Waals surface area (Å²) in [6.07, 6.45) is 0. The Balaban J connectivity index is -0.0000000192. The fraction of sp³-hybridized carbons (Fsp3) is 0. The van der Waals surface area contributed by atoms with Gasteiger partial charge in [-0.05, 0) is 0 Å². The molecule has 0 aromatic carbocycles. The molecule has 0 aromatic heterocycles. The second kappa shape index (κ2) is 37.5. The maximum Gasteiger partial charge on any atom is 2.00 e. The van der Waals surface area contributed by atoms with Gasteiger partial charge in [-0.25, -0.2) is 0 Å². The van der Waals surface area contributed by atoms with Crippen molar-refractivity contribution in [3.63, 3.8) is 0 Å². The summed E-state index contributed by atoms with van der Waals surface area (Å²) in [5.41, 5.74) is 0. The SMILES string of the molecule is O=P(=O)[O-].O=P(=O)[O-].O=P(=O)[O-].O=P(=O)[O-].[Ca+2].[K+].[Na+]. The Morgan fingerprint density at radius 3 is 0.474 bits per heavy atom. The molecule has 0 N–H and O–H groups in total. The van der Waals surface area contributed by atoms with E-state index in [1.807, 2.05) is 0 Å². The summed E-state index contributed by atoms with van der Waals surface area (Å²) in [5, 5.41) is 0. The fourth-order valence-electron chi connectivity index (χ4n) is 0. The van der Waals surface area contributed by atoms with E-state index in [1.165, 1.54) is 0 Å². The van der Waals surface area contributed by atoms with Gasteiger partial charge in [-0.1, -0.05) is 0 Å². The molecule has 0 saturated heterocycles. The van der Waals surface area contributed by atoms with E-state index >= 15 is 0 Å². The zero-order valence-electron chi connectivity index (χ0n) is 9.39. The minimum Gasteiger partial charge on any atom is -0.744 e. The summed E-state index contributed by atoms with van der Waals surface area (Å²) in [6.45, 7) is 0.